The van der Waals surface area contributed by atoms with E-state index in [0.29, 0.717) is 11.4 Å². The summed E-state index contributed by atoms with van der Waals surface area (Å²) in [6, 6.07) is 7.16. The van der Waals surface area contributed by atoms with Crippen LogP contribution in [0.5, 0.6) is 0 Å². The normalized spacial score (nSPS) is 11.9. The number of rotatable bonds is 4. The van der Waals surface area contributed by atoms with E-state index in [2.05, 4.69) is 19.7 Å². The molecule has 0 fully saturated rings. The SMILES string of the molecule is COC(=O)c1ccccc1S(=O)(=O)N(N)C(N)=Nc1nc(C)cc(C)n1. The Kier molecular flexibility index (Phi) is 5.53. The number of hydrogen-bond acceptors (Lipinski definition) is 8. The van der Waals surface area contributed by atoms with Crippen molar-refractivity contribution in [2.45, 2.75) is 18.7 Å². The van der Waals surface area contributed by atoms with Crippen molar-refractivity contribution in [1.82, 2.24) is 14.4 Å². The maximum absolute atomic E-state index is 12.7. The molecule has 0 amide bonds. The number of aromatic nitrogens is 2. The van der Waals surface area contributed by atoms with Crippen LogP contribution < -0.4 is 11.6 Å². The van der Waals surface area contributed by atoms with Crippen molar-refractivity contribution >= 4 is 27.9 Å². The Bertz CT molecular complexity index is 954. The van der Waals surface area contributed by atoms with Crippen LogP contribution in [0.15, 0.2) is 40.2 Å². The van der Waals surface area contributed by atoms with Gasteiger partial charge in [-0.05, 0) is 32.0 Å². The maximum atomic E-state index is 12.7. The zero-order valence-electron chi connectivity index (χ0n) is 14.4. The summed E-state index contributed by atoms with van der Waals surface area (Å²) in [7, 11) is -3.23. The molecule has 0 unspecified atom stereocenters. The van der Waals surface area contributed by atoms with E-state index in [-0.39, 0.29) is 20.8 Å². The van der Waals surface area contributed by atoms with Gasteiger partial charge in [0.2, 0.25) is 5.96 Å². The first-order valence-electron chi connectivity index (χ1n) is 7.30. The summed E-state index contributed by atoms with van der Waals surface area (Å²) in [4.78, 5) is 23.4. The third-order valence-corrected chi connectivity index (χ3v) is 4.86. The fraction of sp³-hybridized carbons (Fsp3) is 0.200. The molecule has 0 radical (unpaired) electrons. The predicted molar refractivity (Wildman–Crippen MR) is 93.8 cm³/mol. The molecule has 10 nitrogen and oxygen atoms in total. The number of nitrogens with two attached hydrogens (primary N) is 2. The van der Waals surface area contributed by atoms with Gasteiger partial charge in [-0.25, -0.2) is 20.6 Å². The molecule has 1 aromatic carbocycles. The van der Waals surface area contributed by atoms with E-state index < -0.39 is 22.0 Å². The largest absolute Gasteiger partial charge is 0.465 e. The van der Waals surface area contributed by atoms with Gasteiger partial charge < -0.3 is 10.5 Å². The molecule has 1 aromatic heterocycles. The molecule has 11 heteroatoms. The van der Waals surface area contributed by atoms with Gasteiger partial charge in [-0.2, -0.15) is 17.8 Å². The fourth-order valence-electron chi connectivity index (χ4n) is 2.11. The van der Waals surface area contributed by atoms with Gasteiger partial charge in [0, 0.05) is 11.4 Å². The van der Waals surface area contributed by atoms with Crippen LogP contribution in [0.4, 0.5) is 5.95 Å². The second-order valence-corrected chi connectivity index (χ2v) is 6.99. The lowest BCUT2D eigenvalue weighted by Crippen LogP contribution is -2.47. The molecule has 2 rings (SSSR count). The third-order valence-electron chi connectivity index (χ3n) is 3.24. The second-order valence-electron chi connectivity index (χ2n) is 5.21. The molecule has 0 spiro atoms. The first-order chi connectivity index (χ1) is 12.2. The lowest BCUT2D eigenvalue weighted by molar-refractivity contribution is 0.0596. The Morgan fingerprint density at radius 3 is 2.35 bits per heavy atom. The van der Waals surface area contributed by atoms with Crippen molar-refractivity contribution in [3.63, 3.8) is 0 Å². The average molecular weight is 378 g/mol. The Hall–Kier alpha value is -3.05. The molecule has 2 aromatic rings. The van der Waals surface area contributed by atoms with Crippen molar-refractivity contribution in [1.29, 1.82) is 0 Å². The minimum absolute atomic E-state index is 0.0353. The number of nitrogens with zero attached hydrogens (tertiary/aromatic N) is 4. The molecular weight excluding hydrogens is 360 g/mol. The highest BCUT2D eigenvalue weighted by atomic mass is 32.2. The number of benzene rings is 1. The Morgan fingerprint density at radius 1 is 1.19 bits per heavy atom. The number of aliphatic imine (C=N–C) groups is 1. The number of hydrazine groups is 1. The van der Waals surface area contributed by atoms with Crippen molar-refractivity contribution < 1.29 is 17.9 Å². The molecule has 0 aliphatic heterocycles. The quantitative estimate of drug-likeness (QED) is 0.255. The summed E-state index contributed by atoms with van der Waals surface area (Å²) >= 11 is 0. The molecule has 4 N–H and O–H groups in total. The van der Waals surface area contributed by atoms with Crippen LogP contribution in [0.3, 0.4) is 0 Å². The maximum Gasteiger partial charge on any atom is 0.339 e. The van der Waals surface area contributed by atoms with Gasteiger partial charge >= 0.3 is 5.97 Å². The lowest BCUT2D eigenvalue weighted by atomic mass is 10.2. The van der Waals surface area contributed by atoms with Gasteiger partial charge in [-0.1, -0.05) is 12.1 Å². The molecule has 0 aliphatic rings. The minimum Gasteiger partial charge on any atom is -0.465 e. The fourth-order valence-corrected chi connectivity index (χ4v) is 3.29. The van der Waals surface area contributed by atoms with Gasteiger partial charge in [-0.15, -0.1) is 0 Å². The standard InChI is InChI=1S/C15H18N6O4S/c1-9-8-10(2)19-15(18-9)20-14(16)21(17)26(23,24)12-7-5-4-6-11(12)13(22)25-3/h4-8H,17H2,1-3H3,(H2,16,18,19,20). The summed E-state index contributed by atoms with van der Waals surface area (Å²) in [5, 5.41) is 0. The van der Waals surface area contributed by atoms with E-state index >= 15 is 0 Å². The number of ether oxygens (including phenoxy) is 1. The van der Waals surface area contributed by atoms with Crippen molar-refractivity contribution in [3.05, 3.63) is 47.3 Å². The number of carbonyl (C=O) groups is 1. The van der Waals surface area contributed by atoms with Crippen molar-refractivity contribution in [3.8, 4) is 0 Å². The molecule has 0 saturated heterocycles. The molecule has 26 heavy (non-hydrogen) atoms. The topological polar surface area (TPSA) is 154 Å². The van der Waals surface area contributed by atoms with Crippen LogP contribution in [-0.2, 0) is 14.8 Å². The number of carbonyl (C=O) groups excluding carboxylic acids is 1. The van der Waals surface area contributed by atoms with Crippen LogP contribution in [0.25, 0.3) is 0 Å². The van der Waals surface area contributed by atoms with E-state index in [1.807, 2.05) is 0 Å². The number of esters is 1. The van der Waals surface area contributed by atoms with Gasteiger partial charge in [0.1, 0.15) is 4.90 Å². The summed E-state index contributed by atoms with van der Waals surface area (Å²) in [6.07, 6.45) is 0. The second kappa shape index (κ2) is 7.45. The number of aryl methyl sites for hydroxylation is 2. The zero-order chi connectivity index (χ0) is 19.5. The van der Waals surface area contributed by atoms with Crippen molar-refractivity contribution in [2.24, 2.45) is 16.6 Å². The smallest absolute Gasteiger partial charge is 0.339 e. The first kappa shape index (κ1) is 19.3. The molecule has 1 heterocycles. The highest BCUT2D eigenvalue weighted by molar-refractivity contribution is 7.89. The van der Waals surface area contributed by atoms with Crippen molar-refractivity contribution in [2.75, 3.05) is 7.11 Å². The Balaban J connectivity index is 2.46. The van der Waals surface area contributed by atoms with Crippen LogP contribution in [0, 0.1) is 13.8 Å². The van der Waals surface area contributed by atoms with Gasteiger partial charge in [0.15, 0.2) is 0 Å². The van der Waals surface area contributed by atoms with Crippen LogP contribution in [0.2, 0.25) is 0 Å². The Labute approximate surface area is 150 Å². The molecule has 0 aliphatic carbocycles. The van der Waals surface area contributed by atoms with E-state index in [1.54, 1.807) is 19.9 Å². The summed E-state index contributed by atoms with van der Waals surface area (Å²) in [5.41, 5.74) is 6.79. The van der Waals surface area contributed by atoms with E-state index in [9.17, 15) is 13.2 Å². The highest BCUT2D eigenvalue weighted by Gasteiger charge is 2.29. The van der Waals surface area contributed by atoms with Gasteiger partial charge in [0.25, 0.3) is 16.0 Å². The molecular formula is C15H18N6O4S. The van der Waals surface area contributed by atoms with Gasteiger partial charge in [0.05, 0.1) is 12.7 Å². The minimum atomic E-state index is -4.37. The van der Waals surface area contributed by atoms with E-state index in [4.69, 9.17) is 11.6 Å². The number of sulfonamides is 1. The molecule has 0 atom stereocenters. The van der Waals surface area contributed by atoms with Crippen LogP contribution in [0.1, 0.15) is 21.7 Å². The number of methoxy groups -OCH3 is 1. The predicted octanol–water partition coefficient (Wildman–Crippen LogP) is 0.391. The molecule has 0 saturated carbocycles. The van der Waals surface area contributed by atoms with Gasteiger partial charge in [-0.3, -0.25) is 0 Å². The third kappa shape index (κ3) is 3.95. The monoisotopic (exact) mass is 378 g/mol. The molecule has 138 valence electrons. The average Bonchev–Trinajstić information content (AvgIpc) is 2.59. The zero-order valence-corrected chi connectivity index (χ0v) is 15.2. The summed E-state index contributed by atoms with van der Waals surface area (Å²) in [6.45, 7) is 3.46. The first-order valence-corrected chi connectivity index (χ1v) is 8.74. The van der Waals surface area contributed by atoms with Crippen LogP contribution >= 0.6 is 0 Å². The Morgan fingerprint density at radius 2 is 1.77 bits per heavy atom. The van der Waals surface area contributed by atoms with Crippen LogP contribution in [-0.4, -0.2) is 41.8 Å². The number of guanidine groups is 1. The molecule has 0 bridgehead atoms. The van der Waals surface area contributed by atoms with E-state index in [1.165, 1.54) is 24.3 Å². The highest BCUT2D eigenvalue weighted by Crippen LogP contribution is 2.19. The lowest BCUT2D eigenvalue weighted by Gasteiger charge is -2.18. The number of hydrogen-bond donors (Lipinski definition) is 2. The summed E-state index contributed by atoms with van der Waals surface area (Å²) in [5.74, 6) is 4.22. The summed E-state index contributed by atoms with van der Waals surface area (Å²) < 4.78 is 30.3. The van der Waals surface area contributed by atoms with E-state index in [0.717, 1.165) is 7.11 Å².